The number of H-pyrrole nitrogens is 1. The molecular weight excluding hydrogens is 490 g/mol. The highest BCUT2D eigenvalue weighted by molar-refractivity contribution is 6.08. The van der Waals surface area contributed by atoms with Crippen LogP contribution in [0.1, 0.15) is 43.7 Å². The molecular formula is C30H31N7O2. The lowest BCUT2D eigenvalue weighted by Crippen LogP contribution is -2.42. The third kappa shape index (κ3) is 4.85. The monoisotopic (exact) mass is 521 g/mol. The first-order valence-electron chi connectivity index (χ1n) is 13.4. The number of benzene rings is 2. The minimum atomic E-state index is -0.729. The fourth-order valence-electron chi connectivity index (χ4n) is 5.30. The molecule has 0 radical (unpaired) electrons. The molecule has 0 bridgehead atoms. The Balaban J connectivity index is 1.31. The largest absolute Gasteiger partial charge is 0.378 e. The van der Waals surface area contributed by atoms with Crippen molar-refractivity contribution in [2.45, 2.75) is 51.6 Å². The van der Waals surface area contributed by atoms with Crippen LogP contribution in [0.3, 0.4) is 0 Å². The number of tetrazole rings is 1. The standard InChI is InChI=1S/C30H31N7O2/c1-3-4-5-27-32-30(13-15-39-19-30)29(38)37(27)18-21-6-8-22(9-7-21)25-17-23(26-16-20(2)12-14-31-26)10-11-24(25)28-33-35-36-34-28/h6-12,14,16-17H,3-5,13,15,18-19H2,1-2H3,(H,33,34,35,36). The first kappa shape index (κ1) is 25.1. The number of ether oxygens (including phenoxy) is 1. The molecule has 9 heteroatoms. The Morgan fingerprint density at radius 1 is 1.05 bits per heavy atom. The van der Waals surface area contributed by atoms with Crippen molar-refractivity contribution in [2.24, 2.45) is 4.99 Å². The molecule has 6 rings (SSSR count). The van der Waals surface area contributed by atoms with Crippen LogP contribution in [0, 0.1) is 6.92 Å². The van der Waals surface area contributed by atoms with Crippen molar-refractivity contribution in [3.63, 3.8) is 0 Å². The van der Waals surface area contributed by atoms with Crippen LogP contribution in [0.2, 0.25) is 0 Å². The fraction of sp³-hybridized carbons (Fsp3) is 0.333. The number of aromatic nitrogens is 5. The minimum Gasteiger partial charge on any atom is -0.378 e. The summed E-state index contributed by atoms with van der Waals surface area (Å²) in [4.78, 5) is 24.8. The predicted octanol–water partition coefficient (Wildman–Crippen LogP) is 4.99. The van der Waals surface area contributed by atoms with Gasteiger partial charge in [-0.25, -0.2) is 0 Å². The van der Waals surface area contributed by atoms with Gasteiger partial charge in [0.25, 0.3) is 5.91 Å². The van der Waals surface area contributed by atoms with Crippen molar-refractivity contribution in [1.82, 2.24) is 30.5 Å². The summed E-state index contributed by atoms with van der Waals surface area (Å²) in [6.07, 6.45) is 5.34. The number of carbonyl (C=O) groups is 1. The molecule has 0 aliphatic carbocycles. The van der Waals surface area contributed by atoms with Crippen LogP contribution in [0.5, 0.6) is 0 Å². The molecule has 4 aromatic rings. The Kier molecular flexibility index (Phi) is 6.74. The average molecular weight is 522 g/mol. The number of aliphatic imine (C=N–C) groups is 1. The third-order valence-electron chi connectivity index (χ3n) is 7.48. The minimum absolute atomic E-state index is 0.0629. The van der Waals surface area contributed by atoms with Gasteiger partial charge >= 0.3 is 0 Å². The van der Waals surface area contributed by atoms with Crippen molar-refractivity contribution in [2.75, 3.05) is 13.2 Å². The van der Waals surface area contributed by atoms with Gasteiger partial charge in [0.05, 0.1) is 18.8 Å². The molecule has 1 atom stereocenters. The van der Waals surface area contributed by atoms with Crippen molar-refractivity contribution in [1.29, 1.82) is 0 Å². The second-order valence-corrected chi connectivity index (χ2v) is 10.3. The Hall–Kier alpha value is -4.24. The van der Waals surface area contributed by atoms with E-state index < -0.39 is 5.54 Å². The van der Waals surface area contributed by atoms with Crippen molar-refractivity contribution >= 4 is 11.7 Å². The number of nitrogens with one attached hydrogen (secondary N) is 1. The number of hydrogen-bond donors (Lipinski definition) is 1. The van der Waals surface area contributed by atoms with Gasteiger partial charge in [-0.2, -0.15) is 5.21 Å². The summed E-state index contributed by atoms with van der Waals surface area (Å²) < 4.78 is 5.58. The molecule has 39 heavy (non-hydrogen) atoms. The van der Waals surface area contributed by atoms with Gasteiger partial charge in [-0.15, -0.1) is 10.2 Å². The van der Waals surface area contributed by atoms with Gasteiger partial charge in [-0.1, -0.05) is 43.7 Å². The number of nitrogens with zero attached hydrogens (tertiary/aromatic N) is 6. The molecule has 4 heterocycles. The van der Waals surface area contributed by atoms with E-state index in [4.69, 9.17) is 9.73 Å². The zero-order chi connectivity index (χ0) is 26.8. The molecule has 0 saturated carbocycles. The van der Waals surface area contributed by atoms with Crippen molar-refractivity contribution < 1.29 is 9.53 Å². The molecule has 1 N–H and O–H groups in total. The summed E-state index contributed by atoms with van der Waals surface area (Å²) in [5.74, 6) is 1.48. The number of aryl methyl sites for hydroxylation is 1. The van der Waals surface area contributed by atoms with Gasteiger partial charge in [0.1, 0.15) is 5.84 Å². The SMILES string of the molecule is CCCCC1=NC2(CCOC2)C(=O)N1Cc1ccc(-c2cc(-c3cc(C)ccn3)ccc2-c2nn[nH]n2)cc1. The molecule has 2 aromatic heterocycles. The Morgan fingerprint density at radius 3 is 2.62 bits per heavy atom. The molecule has 1 amide bonds. The van der Waals surface area contributed by atoms with Crippen LogP contribution in [0.25, 0.3) is 33.8 Å². The topological polar surface area (TPSA) is 109 Å². The first-order chi connectivity index (χ1) is 19.1. The van der Waals surface area contributed by atoms with E-state index in [1.54, 1.807) is 0 Å². The predicted molar refractivity (Wildman–Crippen MR) is 149 cm³/mol. The zero-order valence-corrected chi connectivity index (χ0v) is 22.2. The Morgan fingerprint density at radius 2 is 1.90 bits per heavy atom. The van der Waals surface area contributed by atoms with Gasteiger partial charge in [0.2, 0.25) is 5.82 Å². The highest BCUT2D eigenvalue weighted by atomic mass is 16.5. The number of unbranched alkanes of at least 4 members (excludes halogenated alkanes) is 1. The lowest BCUT2D eigenvalue weighted by atomic mass is 9.94. The second kappa shape index (κ2) is 10.5. The number of rotatable bonds is 8. The number of amides is 1. The lowest BCUT2D eigenvalue weighted by molar-refractivity contribution is -0.131. The van der Waals surface area contributed by atoms with E-state index in [0.29, 0.717) is 32.0 Å². The molecule has 2 aliphatic heterocycles. The molecule has 1 saturated heterocycles. The molecule has 9 nitrogen and oxygen atoms in total. The van der Waals surface area contributed by atoms with E-state index in [-0.39, 0.29) is 5.91 Å². The van der Waals surface area contributed by atoms with Gasteiger partial charge in [0, 0.05) is 36.8 Å². The number of carbonyl (C=O) groups excluding carboxylic acids is 1. The van der Waals surface area contributed by atoms with Crippen LogP contribution in [-0.2, 0) is 16.1 Å². The fourth-order valence-corrected chi connectivity index (χ4v) is 5.30. The number of aromatic amines is 1. The van der Waals surface area contributed by atoms with Gasteiger partial charge in [-0.05, 0) is 65.1 Å². The van der Waals surface area contributed by atoms with E-state index in [9.17, 15) is 4.79 Å². The van der Waals surface area contributed by atoms with Crippen molar-refractivity contribution in [3.8, 4) is 33.8 Å². The summed E-state index contributed by atoms with van der Waals surface area (Å²) in [7, 11) is 0. The van der Waals surface area contributed by atoms with Crippen LogP contribution in [0.4, 0.5) is 0 Å². The van der Waals surface area contributed by atoms with E-state index in [0.717, 1.165) is 64.2 Å². The summed E-state index contributed by atoms with van der Waals surface area (Å²) in [5, 5.41) is 14.8. The van der Waals surface area contributed by atoms with Crippen LogP contribution < -0.4 is 0 Å². The lowest BCUT2D eigenvalue weighted by Gasteiger charge is -2.22. The normalized spacial score (nSPS) is 18.8. The number of hydrogen-bond acceptors (Lipinski definition) is 7. The van der Waals surface area contributed by atoms with E-state index in [1.807, 2.05) is 29.3 Å². The summed E-state index contributed by atoms with van der Waals surface area (Å²) in [5.41, 5.74) is 6.25. The first-order valence-corrected chi connectivity index (χ1v) is 13.4. The third-order valence-corrected chi connectivity index (χ3v) is 7.48. The van der Waals surface area contributed by atoms with Crippen molar-refractivity contribution in [3.05, 3.63) is 71.9 Å². The Labute approximate surface area is 227 Å². The van der Waals surface area contributed by atoms with Gasteiger partial charge < -0.3 is 4.74 Å². The maximum atomic E-state index is 13.5. The summed E-state index contributed by atoms with van der Waals surface area (Å²) in [6, 6.07) is 18.5. The molecule has 1 spiro atoms. The van der Waals surface area contributed by atoms with E-state index >= 15 is 0 Å². The van der Waals surface area contributed by atoms with Crippen LogP contribution in [-0.4, -0.2) is 61.0 Å². The quantitative estimate of drug-likeness (QED) is 0.350. The van der Waals surface area contributed by atoms with Crippen LogP contribution in [0.15, 0.2) is 65.8 Å². The number of pyridine rings is 1. The summed E-state index contributed by atoms with van der Waals surface area (Å²) in [6.45, 7) is 5.67. The maximum absolute atomic E-state index is 13.5. The van der Waals surface area contributed by atoms with E-state index in [2.05, 4.69) is 75.9 Å². The van der Waals surface area contributed by atoms with Gasteiger partial charge in [0.15, 0.2) is 5.54 Å². The molecule has 1 fully saturated rings. The highest BCUT2D eigenvalue weighted by Crippen LogP contribution is 2.36. The highest BCUT2D eigenvalue weighted by Gasteiger charge is 2.50. The smallest absolute Gasteiger partial charge is 0.258 e. The zero-order valence-electron chi connectivity index (χ0n) is 22.2. The van der Waals surface area contributed by atoms with Crippen LogP contribution >= 0.6 is 0 Å². The van der Waals surface area contributed by atoms with Gasteiger partial charge in [-0.3, -0.25) is 19.7 Å². The van der Waals surface area contributed by atoms with E-state index in [1.165, 1.54) is 0 Å². The molecule has 2 aromatic carbocycles. The molecule has 198 valence electrons. The molecule has 1 unspecified atom stereocenters. The second-order valence-electron chi connectivity index (χ2n) is 10.3. The summed E-state index contributed by atoms with van der Waals surface area (Å²) >= 11 is 0. The Bertz CT molecular complexity index is 1510. The average Bonchev–Trinajstić information content (AvgIpc) is 3.72. The maximum Gasteiger partial charge on any atom is 0.258 e. The molecule has 2 aliphatic rings. The number of amidine groups is 1.